The van der Waals surface area contributed by atoms with Crippen molar-refractivity contribution < 1.29 is 4.74 Å². The van der Waals surface area contributed by atoms with Crippen molar-refractivity contribution in [1.29, 1.82) is 0 Å². The summed E-state index contributed by atoms with van der Waals surface area (Å²) in [7, 11) is 2.16. The highest BCUT2D eigenvalue weighted by molar-refractivity contribution is 5.32. The van der Waals surface area contributed by atoms with Gasteiger partial charge in [0.1, 0.15) is 0 Å². The third-order valence-corrected chi connectivity index (χ3v) is 3.55. The number of nitrogens with zero attached hydrogens (tertiary/aromatic N) is 3. The summed E-state index contributed by atoms with van der Waals surface area (Å²) in [5, 5.41) is 4.33. The maximum absolute atomic E-state index is 5.83. The molecule has 0 spiro atoms. The number of rotatable bonds is 4. The third kappa shape index (κ3) is 2.96. The van der Waals surface area contributed by atoms with Gasteiger partial charge < -0.3 is 9.64 Å². The lowest BCUT2D eigenvalue weighted by atomic mass is 10.1. The first kappa shape index (κ1) is 12.2. The SMILES string of the molecule is CN1CCC(COc2cnn(-c3ccccc3)c2)C1. The lowest BCUT2D eigenvalue weighted by Crippen LogP contribution is -2.17. The highest BCUT2D eigenvalue weighted by Crippen LogP contribution is 2.18. The van der Waals surface area contributed by atoms with Crippen molar-refractivity contribution in [2.45, 2.75) is 6.42 Å². The number of likely N-dealkylation sites (tertiary alicyclic amines) is 1. The van der Waals surface area contributed by atoms with Crippen LogP contribution in [0.1, 0.15) is 6.42 Å². The average Bonchev–Trinajstić information content (AvgIpc) is 3.06. The second-order valence-corrected chi connectivity index (χ2v) is 5.18. The topological polar surface area (TPSA) is 30.3 Å². The number of benzene rings is 1. The van der Waals surface area contributed by atoms with E-state index >= 15 is 0 Å². The first-order chi connectivity index (χ1) is 9.31. The number of hydrogen-bond acceptors (Lipinski definition) is 3. The maximum atomic E-state index is 5.83. The lowest BCUT2D eigenvalue weighted by Gasteiger charge is -2.10. The Kier molecular flexibility index (Phi) is 3.51. The molecule has 1 atom stereocenters. The molecule has 100 valence electrons. The molecule has 1 aromatic heterocycles. The fourth-order valence-electron chi connectivity index (χ4n) is 2.48. The van der Waals surface area contributed by atoms with Gasteiger partial charge in [-0.25, -0.2) is 4.68 Å². The molecule has 1 aliphatic rings. The van der Waals surface area contributed by atoms with E-state index in [1.165, 1.54) is 13.0 Å². The van der Waals surface area contributed by atoms with Gasteiger partial charge in [0.05, 0.1) is 24.7 Å². The highest BCUT2D eigenvalue weighted by Gasteiger charge is 2.20. The largest absolute Gasteiger partial charge is 0.490 e. The van der Waals surface area contributed by atoms with Gasteiger partial charge in [-0.05, 0) is 32.1 Å². The molecule has 0 bridgehead atoms. The van der Waals surface area contributed by atoms with E-state index in [-0.39, 0.29) is 0 Å². The fourth-order valence-corrected chi connectivity index (χ4v) is 2.48. The van der Waals surface area contributed by atoms with E-state index in [1.54, 1.807) is 6.20 Å². The monoisotopic (exact) mass is 257 g/mol. The Balaban J connectivity index is 1.59. The Morgan fingerprint density at radius 3 is 2.89 bits per heavy atom. The fraction of sp³-hybridized carbons (Fsp3) is 0.400. The van der Waals surface area contributed by atoms with Crippen LogP contribution < -0.4 is 4.74 Å². The van der Waals surface area contributed by atoms with E-state index in [9.17, 15) is 0 Å². The first-order valence-corrected chi connectivity index (χ1v) is 6.73. The quantitative estimate of drug-likeness (QED) is 0.841. The molecule has 1 saturated heterocycles. The highest BCUT2D eigenvalue weighted by atomic mass is 16.5. The molecule has 2 heterocycles. The zero-order valence-electron chi connectivity index (χ0n) is 11.2. The summed E-state index contributed by atoms with van der Waals surface area (Å²) in [6.45, 7) is 3.09. The number of para-hydroxylation sites is 1. The van der Waals surface area contributed by atoms with Gasteiger partial charge in [-0.2, -0.15) is 5.10 Å². The van der Waals surface area contributed by atoms with Crippen LogP contribution in [-0.4, -0.2) is 41.4 Å². The van der Waals surface area contributed by atoms with Crippen LogP contribution in [-0.2, 0) is 0 Å². The second kappa shape index (κ2) is 5.45. The number of ether oxygens (including phenoxy) is 1. The summed E-state index contributed by atoms with van der Waals surface area (Å²) in [6, 6.07) is 10.1. The Morgan fingerprint density at radius 2 is 2.16 bits per heavy atom. The van der Waals surface area contributed by atoms with Crippen molar-refractivity contribution in [2.75, 3.05) is 26.7 Å². The van der Waals surface area contributed by atoms with Gasteiger partial charge in [0.25, 0.3) is 0 Å². The predicted molar refractivity (Wildman–Crippen MR) is 74.7 cm³/mol. The molecule has 1 aromatic carbocycles. The van der Waals surface area contributed by atoms with E-state index in [4.69, 9.17) is 4.74 Å². The summed E-state index contributed by atoms with van der Waals surface area (Å²) in [5.41, 5.74) is 1.05. The Labute approximate surface area is 113 Å². The zero-order chi connectivity index (χ0) is 13.1. The van der Waals surface area contributed by atoms with Crippen LogP contribution in [0, 0.1) is 5.92 Å². The molecule has 2 aromatic rings. The van der Waals surface area contributed by atoms with Crippen LogP contribution in [0.2, 0.25) is 0 Å². The van der Waals surface area contributed by atoms with Crippen molar-refractivity contribution in [2.24, 2.45) is 5.92 Å². The number of hydrogen-bond donors (Lipinski definition) is 0. The number of aromatic nitrogens is 2. The van der Waals surface area contributed by atoms with Crippen LogP contribution in [0.4, 0.5) is 0 Å². The van der Waals surface area contributed by atoms with Crippen LogP contribution in [0.5, 0.6) is 5.75 Å². The molecule has 4 nitrogen and oxygen atoms in total. The van der Waals surface area contributed by atoms with E-state index in [0.717, 1.165) is 24.6 Å². The molecule has 0 N–H and O–H groups in total. The van der Waals surface area contributed by atoms with Crippen molar-refractivity contribution in [3.05, 3.63) is 42.7 Å². The third-order valence-electron chi connectivity index (χ3n) is 3.55. The Bertz CT molecular complexity index is 523. The van der Waals surface area contributed by atoms with Gasteiger partial charge in [0.2, 0.25) is 0 Å². The molecule has 0 amide bonds. The van der Waals surface area contributed by atoms with Crippen LogP contribution in [0.15, 0.2) is 42.7 Å². The van der Waals surface area contributed by atoms with E-state index in [0.29, 0.717) is 5.92 Å². The minimum Gasteiger partial charge on any atom is -0.490 e. The Morgan fingerprint density at radius 1 is 1.32 bits per heavy atom. The molecular formula is C15H19N3O. The van der Waals surface area contributed by atoms with Crippen molar-refractivity contribution in [1.82, 2.24) is 14.7 Å². The van der Waals surface area contributed by atoms with Crippen LogP contribution in [0.25, 0.3) is 5.69 Å². The van der Waals surface area contributed by atoms with Crippen molar-refractivity contribution >= 4 is 0 Å². The van der Waals surface area contributed by atoms with Gasteiger partial charge in [-0.15, -0.1) is 0 Å². The molecule has 0 aliphatic carbocycles. The summed E-state index contributed by atoms with van der Waals surface area (Å²) in [6.07, 6.45) is 4.95. The first-order valence-electron chi connectivity index (χ1n) is 6.73. The van der Waals surface area contributed by atoms with Gasteiger partial charge in [0, 0.05) is 12.5 Å². The maximum Gasteiger partial charge on any atom is 0.157 e. The van der Waals surface area contributed by atoms with E-state index in [1.807, 2.05) is 41.2 Å². The lowest BCUT2D eigenvalue weighted by molar-refractivity contribution is 0.249. The minimum atomic E-state index is 0.644. The molecule has 0 saturated carbocycles. The van der Waals surface area contributed by atoms with Crippen molar-refractivity contribution in [3.63, 3.8) is 0 Å². The average molecular weight is 257 g/mol. The van der Waals surface area contributed by atoms with E-state index < -0.39 is 0 Å². The molecule has 1 unspecified atom stereocenters. The summed E-state index contributed by atoms with van der Waals surface area (Å²) in [5.74, 6) is 1.49. The molecule has 1 fully saturated rings. The molecule has 3 rings (SSSR count). The van der Waals surface area contributed by atoms with Gasteiger partial charge >= 0.3 is 0 Å². The predicted octanol–water partition coefficient (Wildman–Crippen LogP) is 2.20. The van der Waals surface area contributed by atoms with Crippen molar-refractivity contribution in [3.8, 4) is 11.4 Å². The molecule has 1 aliphatic heterocycles. The van der Waals surface area contributed by atoms with E-state index in [2.05, 4.69) is 17.0 Å². The summed E-state index contributed by atoms with van der Waals surface area (Å²) < 4.78 is 7.67. The molecular weight excluding hydrogens is 238 g/mol. The normalized spacial score (nSPS) is 19.7. The van der Waals surface area contributed by atoms with Crippen LogP contribution in [0.3, 0.4) is 0 Å². The van der Waals surface area contributed by atoms with Gasteiger partial charge in [-0.3, -0.25) is 0 Å². The second-order valence-electron chi connectivity index (χ2n) is 5.18. The molecule has 4 heteroatoms. The standard InChI is InChI=1S/C15H19N3O/c1-17-8-7-13(10-17)12-19-15-9-16-18(11-15)14-5-3-2-4-6-14/h2-6,9,11,13H,7-8,10,12H2,1H3. The smallest absolute Gasteiger partial charge is 0.157 e. The summed E-state index contributed by atoms with van der Waals surface area (Å²) in [4.78, 5) is 2.35. The molecule has 19 heavy (non-hydrogen) atoms. The van der Waals surface area contributed by atoms with Crippen LogP contribution >= 0.6 is 0 Å². The Hall–Kier alpha value is -1.81. The zero-order valence-corrected chi connectivity index (χ0v) is 11.2. The molecule has 0 radical (unpaired) electrons. The van der Waals surface area contributed by atoms with Gasteiger partial charge in [-0.1, -0.05) is 18.2 Å². The summed E-state index contributed by atoms with van der Waals surface area (Å²) >= 11 is 0. The minimum absolute atomic E-state index is 0.644. The van der Waals surface area contributed by atoms with Gasteiger partial charge in [0.15, 0.2) is 5.75 Å².